The summed E-state index contributed by atoms with van der Waals surface area (Å²) in [7, 11) is 0. The van der Waals surface area contributed by atoms with Gasteiger partial charge in [-0.25, -0.2) is 4.79 Å². The number of benzene rings is 1. The predicted octanol–water partition coefficient (Wildman–Crippen LogP) is 1.33. The maximum Gasteiger partial charge on any atom is 0.328 e. The van der Waals surface area contributed by atoms with Gasteiger partial charge in [0.2, 0.25) is 5.91 Å². The summed E-state index contributed by atoms with van der Waals surface area (Å²) < 4.78 is 0. The zero-order valence-corrected chi connectivity index (χ0v) is 10.1. The molecule has 0 fully saturated rings. The quantitative estimate of drug-likeness (QED) is 0.830. The minimum absolute atomic E-state index is 0.215. The zero-order chi connectivity index (χ0) is 12.8. The number of hydrogen-bond acceptors (Lipinski definition) is 3. The Bertz CT molecular complexity index is 418. The van der Waals surface area contributed by atoms with E-state index in [1.54, 1.807) is 6.07 Å². The molecule has 0 radical (unpaired) electrons. The van der Waals surface area contributed by atoms with E-state index in [1.807, 2.05) is 25.1 Å². The lowest BCUT2D eigenvalue weighted by Gasteiger charge is -2.19. The number of carbonyl (C=O) groups excluding carboxylic acids is 2. The van der Waals surface area contributed by atoms with Crippen LogP contribution in [0.1, 0.15) is 12.5 Å². The molecule has 0 aliphatic heterocycles. The highest BCUT2D eigenvalue weighted by Gasteiger charge is 2.17. The number of amides is 3. The molecule has 3 amide bonds. The van der Waals surface area contributed by atoms with Gasteiger partial charge in [-0.2, -0.15) is 0 Å². The number of nitrogens with zero attached hydrogens (tertiary/aromatic N) is 1. The van der Waals surface area contributed by atoms with Gasteiger partial charge in [-0.3, -0.25) is 9.69 Å². The Balaban J connectivity index is 2.77. The van der Waals surface area contributed by atoms with Gasteiger partial charge in [-0.15, -0.1) is 0 Å². The van der Waals surface area contributed by atoms with Gasteiger partial charge in [-0.1, -0.05) is 18.2 Å². The van der Waals surface area contributed by atoms with Gasteiger partial charge in [0.25, 0.3) is 0 Å². The van der Waals surface area contributed by atoms with E-state index in [-0.39, 0.29) is 19.0 Å². The predicted molar refractivity (Wildman–Crippen MR) is 66.6 cm³/mol. The van der Waals surface area contributed by atoms with E-state index in [0.29, 0.717) is 5.69 Å². The Morgan fingerprint density at radius 1 is 1.35 bits per heavy atom. The van der Waals surface area contributed by atoms with Crippen molar-refractivity contribution in [3.63, 3.8) is 0 Å². The Morgan fingerprint density at radius 2 is 2.00 bits per heavy atom. The highest BCUT2D eigenvalue weighted by atomic mass is 16.2. The molecule has 0 heterocycles. The molecule has 0 spiro atoms. The fraction of sp³-hybridized carbons (Fsp3) is 0.333. The molecule has 5 nitrogen and oxygen atoms in total. The van der Waals surface area contributed by atoms with E-state index in [0.717, 1.165) is 10.5 Å². The Kier molecular flexibility index (Phi) is 4.66. The third kappa shape index (κ3) is 3.57. The Morgan fingerprint density at radius 3 is 2.53 bits per heavy atom. The summed E-state index contributed by atoms with van der Waals surface area (Å²) in [5, 5.41) is 2.69. The van der Waals surface area contributed by atoms with Gasteiger partial charge < -0.3 is 11.1 Å². The smallest absolute Gasteiger partial charge is 0.328 e. The molecule has 0 aromatic heterocycles. The van der Waals surface area contributed by atoms with Crippen molar-refractivity contribution in [3.8, 4) is 0 Å². The first-order chi connectivity index (χ1) is 8.06. The van der Waals surface area contributed by atoms with Crippen LogP contribution in [-0.2, 0) is 4.79 Å². The molecule has 1 aromatic rings. The summed E-state index contributed by atoms with van der Waals surface area (Å²) in [6.07, 6.45) is 0. The number of urea groups is 1. The van der Waals surface area contributed by atoms with Crippen molar-refractivity contribution in [3.05, 3.63) is 29.8 Å². The average molecular weight is 235 g/mol. The molecule has 3 N–H and O–H groups in total. The summed E-state index contributed by atoms with van der Waals surface area (Å²) in [4.78, 5) is 24.2. The van der Waals surface area contributed by atoms with Crippen LogP contribution in [-0.4, -0.2) is 29.9 Å². The number of nitrogens with one attached hydrogen (secondary N) is 1. The van der Waals surface area contributed by atoms with Gasteiger partial charge >= 0.3 is 6.03 Å². The maximum atomic E-state index is 11.8. The van der Waals surface area contributed by atoms with Crippen molar-refractivity contribution in [2.45, 2.75) is 13.8 Å². The second kappa shape index (κ2) is 6.00. The number of para-hydroxylation sites is 1. The van der Waals surface area contributed by atoms with E-state index >= 15 is 0 Å². The lowest BCUT2D eigenvalue weighted by atomic mass is 10.2. The van der Waals surface area contributed by atoms with Crippen molar-refractivity contribution in [2.75, 3.05) is 18.4 Å². The maximum absolute atomic E-state index is 11.8. The molecule has 0 saturated carbocycles. The van der Waals surface area contributed by atoms with E-state index in [9.17, 15) is 9.59 Å². The standard InChI is InChI=1S/C12H17N3O2/c1-9-5-3-4-6-11(9)14-12(17)15(8-7-13)10(2)16/h3-6H,7-8,13H2,1-2H3,(H,14,17). The van der Waals surface area contributed by atoms with Gasteiger partial charge in [0.05, 0.1) is 0 Å². The minimum atomic E-state index is -0.447. The fourth-order valence-electron chi connectivity index (χ4n) is 1.43. The molecule has 5 heteroatoms. The molecule has 0 aliphatic carbocycles. The second-order valence-corrected chi connectivity index (χ2v) is 3.70. The van der Waals surface area contributed by atoms with Crippen LogP contribution in [0.3, 0.4) is 0 Å². The fourth-order valence-corrected chi connectivity index (χ4v) is 1.43. The topological polar surface area (TPSA) is 75.4 Å². The van der Waals surface area contributed by atoms with Crippen molar-refractivity contribution < 1.29 is 9.59 Å². The van der Waals surface area contributed by atoms with Crippen LogP contribution in [0.4, 0.5) is 10.5 Å². The number of rotatable bonds is 3. The van der Waals surface area contributed by atoms with Crippen LogP contribution in [0.2, 0.25) is 0 Å². The largest absolute Gasteiger partial charge is 0.329 e. The van der Waals surface area contributed by atoms with Crippen LogP contribution < -0.4 is 11.1 Å². The summed E-state index contributed by atoms with van der Waals surface area (Å²) in [6.45, 7) is 3.69. The number of carbonyl (C=O) groups is 2. The Hall–Kier alpha value is -1.88. The van der Waals surface area contributed by atoms with Crippen molar-refractivity contribution >= 4 is 17.6 Å². The highest BCUT2D eigenvalue weighted by Crippen LogP contribution is 2.13. The molecule has 1 rings (SSSR count). The van der Waals surface area contributed by atoms with E-state index in [1.165, 1.54) is 6.92 Å². The lowest BCUT2D eigenvalue weighted by Crippen LogP contribution is -2.41. The van der Waals surface area contributed by atoms with Crippen molar-refractivity contribution in [1.82, 2.24) is 4.90 Å². The highest BCUT2D eigenvalue weighted by molar-refractivity contribution is 6.00. The molecule has 17 heavy (non-hydrogen) atoms. The van der Waals surface area contributed by atoms with Crippen LogP contribution >= 0.6 is 0 Å². The monoisotopic (exact) mass is 235 g/mol. The van der Waals surface area contributed by atoms with E-state index in [4.69, 9.17) is 5.73 Å². The van der Waals surface area contributed by atoms with Crippen molar-refractivity contribution in [1.29, 1.82) is 0 Å². The van der Waals surface area contributed by atoms with Crippen LogP contribution in [0.15, 0.2) is 24.3 Å². The van der Waals surface area contributed by atoms with Crippen LogP contribution in [0.5, 0.6) is 0 Å². The molecule has 0 atom stereocenters. The third-order valence-electron chi connectivity index (χ3n) is 2.36. The van der Waals surface area contributed by atoms with Gasteiger partial charge in [-0.05, 0) is 18.6 Å². The summed E-state index contributed by atoms with van der Waals surface area (Å²) in [5.41, 5.74) is 6.99. The molecule has 0 unspecified atom stereocenters. The number of anilines is 1. The van der Waals surface area contributed by atoms with Gasteiger partial charge in [0.1, 0.15) is 0 Å². The van der Waals surface area contributed by atoms with Crippen molar-refractivity contribution in [2.24, 2.45) is 5.73 Å². The normalized spacial score (nSPS) is 9.82. The number of aryl methyl sites for hydroxylation is 1. The molecule has 0 bridgehead atoms. The Labute approximate surface area is 101 Å². The number of imide groups is 1. The van der Waals surface area contributed by atoms with E-state index < -0.39 is 6.03 Å². The molecule has 0 saturated heterocycles. The van der Waals surface area contributed by atoms with E-state index in [2.05, 4.69) is 5.32 Å². The molecule has 0 aliphatic rings. The number of nitrogens with two attached hydrogens (primary N) is 1. The van der Waals surface area contributed by atoms with Crippen LogP contribution in [0.25, 0.3) is 0 Å². The second-order valence-electron chi connectivity index (χ2n) is 3.70. The van der Waals surface area contributed by atoms with Gasteiger partial charge in [0, 0.05) is 25.7 Å². The molecule has 92 valence electrons. The SMILES string of the molecule is CC(=O)N(CCN)C(=O)Nc1ccccc1C. The van der Waals surface area contributed by atoms with Gasteiger partial charge in [0.15, 0.2) is 0 Å². The summed E-state index contributed by atoms with van der Waals surface area (Å²) >= 11 is 0. The molecular weight excluding hydrogens is 218 g/mol. The molecular formula is C12H17N3O2. The lowest BCUT2D eigenvalue weighted by molar-refractivity contribution is -0.125. The zero-order valence-electron chi connectivity index (χ0n) is 10.1. The first-order valence-corrected chi connectivity index (χ1v) is 5.41. The van der Waals surface area contributed by atoms with Crippen LogP contribution in [0, 0.1) is 6.92 Å². The molecule has 1 aromatic carbocycles. The first kappa shape index (κ1) is 13.2. The summed E-state index contributed by atoms with van der Waals surface area (Å²) in [5.74, 6) is -0.318. The average Bonchev–Trinajstić information content (AvgIpc) is 2.28. The third-order valence-corrected chi connectivity index (χ3v) is 2.36. The minimum Gasteiger partial charge on any atom is -0.329 e. The summed E-state index contributed by atoms with van der Waals surface area (Å²) in [6, 6.07) is 6.93. The number of hydrogen-bond donors (Lipinski definition) is 2. The first-order valence-electron chi connectivity index (χ1n) is 5.41.